The molecule has 416 valence electrons. The van der Waals surface area contributed by atoms with Crippen LogP contribution in [0.3, 0.4) is 0 Å². The van der Waals surface area contributed by atoms with Crippen LogP contribution in [0.2, 0.25) is 0 Å². The summed E-state index contributed by atoms with van der Waals surface area (Å²) in [6.07, 6.45) is 5.75. The fourth-order valence-electron chi connectivity index (χ4n) is 11.2. The van der Waals surface area contributed by atoms with Gasteiger partial charge in [-0.1, -0.05) is 247 Å². The van der Waals surface area contributed by atoms with Crippen molar-refractivity contribution >= 4 is 0 Å². The molecule has 0 amide bonds. The van der Waals surface area contributed by atoms with Gasteiger partial charge in [0, 0.05) is 18.6 Å². The molecule has 0 saturated heterocycles. The third-order valence-electron chi connectivity index (χ3n) is 16.1. The van der Waals surface area contributed by atoms with Crippen molar-refractivity contribution in [2.75, 3.05) is 0 Å². The van der Waals surface area contributed by atoms with E-state index in [9.17, 15) is 0 Å². The predicted molar refractivity (Wildman–Crippen MR) is 352 cm³/mol. The van der Waals surface area contributed by atoms with Gasteiger partial charge in [0.2, 0.25) is 0 Å². The summed E-state index contributed by atoms with van der Waals surface area (Å²) in [5.74, 6) is 0. The minimum atomic E-state index is -0.0408. The Bertz CT molecular complexity index is 4160. The summed E-state index contributed by atoms with van der Waals surface area (Å²) in [7, 11) is 0. The van der Waals surface area contributed by atoms with Crippen molar-refractivity contribution in [1.29, 1.82) is 0 Å². The van der Waals surface area contributed by atoms with Crippen LogP contribution in [0, 0.1) is 18.2 Å². The van der Waals surface area contributed by atoms with E-state index in [-0.39, 0.29) is 36.4 Å². The van der Waals surface area contributed by atoms with E-state index < -0.39 is 0 Å². The minimum absolute atomic E-state index is 0. The fourth-order valence-corrected chi connectivity index (χ4v) is 11.2. The standard InChI is InChI=1S/C81H68N3.Ir/c1-79(2,3)65-41-44-82-76(51-65)59-35-31-56(32-36-59)68-21-13-15-23-70(68)62-47-63(71-24-16-14-22-69(71)57-33-37-60(38-34-57)77-52-66(42-45-83-77)80(4,5)6)49-64(48-62)72-25-17-18-26-73(72)74-40-39-61(78-53-67(43-46-84-78)81(7,8)9)50-75(74)58-29-27-55(28-30-58)54-19-11-10-12-20-54;/h10-35,37,40-53H,1-9H3;/q-3;+3. The number of benzene rings is 9. The van der Waals surface area contributed by atoms with E-state index in [2.05, 4.69) is 311 Å². The molecule has 0 aliphatic carbocycles. The second-order valence-electron chi connectivity index (χ2n) is 25.1. The van der Waals surface area contributed by atoms with Gasteiger partial charge in [-0.3, -0.25) is 0 Å². The molecule has 85 heavy (non-hydrogen) atoms. The molecule has 0 atom stereocenters. The molecule has 9 aromatic carbocycles. The van der Waals surface area contributed by atoms with Crippen molar-refractivity contribution in [1.82, 2.24) is 15.0 Å². The number of aromatic nitrogens is 3. The zero-order valence-electron chi connectivity index (χ0n) is 49.8. The second-order valence-corrected chi connectivity index (χ2v) is 25.1. The van der Waals surface area contributed by atoms with Gasteiger partial charge in [0.15, 0.2) is 0 Å². The number of hydrogen-bond acceptors (Lipinski definition) is 3. The summed E-state index contributed by atoms with van der Waals surface area (Å²) >= 11 is 0. The van der Waals surface area contributed by atoms with E-state index in [0.717, 1.165) is 112 Å². The smallest absolute Gasteiger partial charge is 0.305 e. The van der Waals surface area contributed by atoms with Crippen molar-refractivity contribution < 1.29 is 20.1 Å². The first-order valence-electron chi connectivity index (χ1n) is 29.1. The Morgan fingerprint density at radius 2 is 0.576 bits per heavy atom. The van der Waals surface area contributed by atoms with Gasteiger partial charge in [-0.05, 0) is 136 Å². The molecular weight excluding hydrogens is 1210 g/mol. The molecule has 0 fully saturated rings. The summed E-state index contributed by atoms with van der Waals surface area (Å²) in [5, 5.41) is 0. The third kappa shape index (κ3) is 12.5. The van der Waals surface area contributed by atoms with Crippen LogP contribution in [-0.2, 0) is 36.4 Å². The number of pyridine rings is 3. The van der Waals surface area contributed by atoms with Crippen molar-refractivity contribution in [2.45, 2.75) is 78.6 Å². The predicted octanol–water partition coefficient (Wildman–Crippen LogP) is 21.5. The Hall–Kier alpha value is -8.92. The first kappa shape index (κ1) is 57.9. The van der Waals surface area contributed by atoms with Crippen LogP contribution in [0.15, 0.2) is 249 Å². The van der Waals surface area contributed by atoms with E-state index in [1.165, 1.54) is 27.8 Å². The van der Waals surface area contributed by atoms with Gasteiger partial charge in [0.05, 0.1) is 0 Å². The van der Waals surface area contributed by atoms with Gasteiger partial charge in [-0.15, -0.1) is 83.4 Å². The third-order valence-corrected chi connectivity index (χ3v) is 16.1. The van der Waals surface area contributed by atoms with E-state index in [1.807, 2.05) is 18.6 Å². The summed E-state index contributed by atoms with van der Waals surface area (Å²) in [4.78, 5) is 14.5. The Balaban J connectivity index is 0.00000752. The molecule has 4 heteroatoms. The maximum atomic E-state index is 4.93. The monoisotopic (exact) mass is 1280 g/mol. The van der Waals surface area contributed by atoms with Crippen molar-refractivity contribution in [3.63, 3.8) is 0 Å². The molecular formula is C81H68IrN3. The van der Waals surface area contributed by atoms with E-state index in [0.29, 0.717) is 0 Å². The van der Waals surface area contributed by atoms with Gasteiger partial charge in [-0.25, -0.2) is 0 Å². The SMILES string of the molecule is CC(C)(C)c1ccnc(-c2[c-]cc(-c3ccccc3-c3cc(-c4ccccc4-c4c[c-]c(-c5cc(C(C)(C)C)ccn5)cc4)cc(-c4ccccc4-c4c[c-]c(-c5cc(C(C)(C)C)ccn5)cc4-c4ccc(-c5ccccc5)cc4)c3)cc2)c1.[Ir+3]. The molecule has 0 unspecified atom stereocenters. The van der Waals surface area contributed by atoms with Crippen molar-refractivity contribution in [2.24, 2.45) is 0 Å². The van der Waals surface area contributed by atoms with E-state index in [1.54, 1.807) is 0 Å². The average Bonchev–Trinajstić information content (AvgIpc) is 2.05. The van der Waals surface area contributed by atoms with E-state index in [4.69, 9.17) is 15.0 Å². The normalized spacial score (nSPS) is 11.7. The largest absolute Gasteiger partial charge is 3.00 e. The molecule has 0 radical (unpaired) electrons. The van der Waals surface area contributed by atoms with Gasteiger partial charge in [0.1, 0.15) is 0 Å². The van der Waals surface area contributed by atoms with Crippen LogP contribution in [0.1, 0.15) is 79.0 Å². The molecule has 3 nitrogen and oxygen atoms in total. The Morgan fingerprint density at radius 1 is 0.247 bits per heavy atom. The molecule has 0 spiro atoms. The van der Waals surface area contributed by atoms with Crippen molar-refractivity contribution in [3.8, 4) is 123 Å². The van der Waals surface area contributed by atoms with E-state index >= 15 is 0 Å². The van der Waals surface area contributed by atoms with Crippen LogP contribution in [0.25, 0.3) is 123 Å². The van der Waals surface area contributed by atoms with Crippen LogP contribution in [0.4, 0.5) is 0 Å². The first-order valence-corrected chi connectivity index (χ1v) is 29.1. The molecule has 3 heterocycles. The minimum Gasteiger partial charge on any atom is -0.305 e. The topological polar surface area (TPSA) is 38.7 Å². The molecule has 0 N–H and O–H groups in total. The summed E-state index contributed by atoms with van der Waals surface area (Å²) in [5.41, 5.74) is 27.1. The summed E-state index contributed by atoms with van der Waals surface area (Å²) < 4.78 is 0. The Labute approximate surface area is 517 Å². The van der Waals surface area contributed by atoms with Gasteiger partial charge < -0.3 is 15.0 Å². The number of nitrogens with zero attached hydrogens (tertiary/aromatic N) is 3. The molecule has 0 saturated carbocycles. The van der Waals surface area contributed by atoms with Gasteiger partial charge in [0.25, 0.3) is 0 Å². The number of hydrogen-bond donors (Lipinski definition) is 0. The second kappa shape index (κ2) is 24.0. The van der Waals surface area contributed by atoms with Gasteiger partial charge >= 0.3 is 20.1 Å². The fraction of sp³-hybridized carbons (Fsp3) is 0.148. The van der Waals surface area contributed by atoms with Crippen LogP contribution >= 0.6 is 0 Å². The zero-order chi connectivity index (χ0) is 58.2. The first-order chi connectivity index (χ1) is 40.5. The zero-order valence-corrected chi connectivity index (χ0v) is 52.2. The number of rotatable bonds is 11. The molecule has 12 aromatic rings. The van der Waals surface area contributed by atoms with Crippen LogP contribution in [-0.4, -0.2) is 15.0 Å². The molecule has 3 aromatic heterocycles. The summed E-state index contributed by atoms with van der Waals surface area (Å²) in [6.45, 7) is 20.2. The maximum absolute atomic E-state index is 4.93. The van der Waals surface area contributed by atoms with Gasteiger partial charge in [-0.2, -0.15) is 0 Å². The van der Waals surface area contributed by atoms with Crippen LogP contribution in [0.5, 0.6) is 0 Å². The molecule has 12 rings (SSSR count). The quantitative estimate of drug-likeness (QED) is 0.121. The molecule has 0 aliphatic rings. The average molecular weight is 1280 g/mol. The molecule has 0 aliphatic heterocycles. The Morgan fingerprint density at radius 3 is 0.976 bits per heavy atom. The Kier molecular flexibility index (Phi) is 16.3. The van der Waals surface area contributed by atoms with Crippen LogP contribution < -0.4 is 0 Å². The van der Waals surface area contributed by atoms with Crippen molar-refractivity contribution in [3.05, 3.63) is 284 Å². The summed E-state index contributed by atoms with van der Waals surface area (Å²) in [6, 6.07) is 94.5. The maximum Gasteiger partial charge on any atom is 3.00 e. The molecule has 0 bridgehead atoms.